The maximum absolute atomic E-state index is 5.90. The molecular weight excluding hydrogens is 408 g/mol. The number of ether oxygens (including phenoxy) is 2. The standard InChI is InChI=1S/C29H46N2O2/c1-4-6-8-10-12-14-16-26-22-30-29(31-23-26)27-17-19-28(20-18-27)33-24-25(3)32-21-15-13-11-9-7-5-2/h17-20,22-23,25H,4-16,21,24H2,1-3H3. The van der Waals surface area contributed by atoms with Crippen molar-refractivity contribution in [2.75, 3.05) is 13.2 Å². The van der Waals surface area contributed by atoms with Crippen molar-refractivity contribution >= 4 is 0 Å². The Labute approximate surface area is 202 Å². The molecule has 0 amide bonds. The van der Waals surface area contributed by atoms with Crippen LogP contribution in [0.3, 0.4) is 0 Å². The van der Waals surface area contributed by atoms with Crippen molar-refractivity contribution in [3.05, 3.63) is 42.2 Å². The van der Waals surface area contributed by atoms with Crippen LogP contribution in [0.15, 0.2) is 36.7 Å². The van der Waals surface area contributed by atoms with E-state index in [0.717, 1.165) is 36.6 Å². The molecule has 4 nitrogen and oxygen atoms in total. The molecule has 0 saturated heterocycles. The molecule has 1 aromatic carbocycles. The number of hydrogen-bond acceptors (Lipinski definition) is 4. The quantitative estimate of drug-likeness (QED) is 0.201. The Morgan fingerprint density at radius 2 is 1.30 bits per heavy atom. The predicted octanol–water partition coefficient (Wildman–Crippen LogP) is 8.19. The van der Waals surface area contributed by atoms with Gasteiger partial charge in [-0.1, -0.05) is 78.1 Å². The Hall–Kier alpha value is -1.94. The fraction of sp³-hybridized carbons (Fsp3) is 0.655. The molecule has 1 unspecified atom stereocenters. The van der Waals surface area contributed by atoms with Gasteiger partial charge in [-0.25, -0.2) is 9.97 Å². The van der Waals surface area contributed by atoms with E-state index in [-0.39, 0.29) is 6.10 Å². The lowest BCUT2D eigenvalue weighted by Gasteiger charge is -2.14. The Morgan fingerprint density at radius 1 is 0.727 bits per heavy atom. The van der Waals surface area contributed by atoms with E-state index >= 15 is 0 Å². The molecule has 0 aliphatic rings. The predicted molar refractivity (Wildman–Crippen MR) is 139 cm³/mol. The summed E-state index contributed by atoms with van der Waals surface area (Å²) in [5.41, 5.74) is 2.24. The molecule has 184 valence electrons. The Balaban J connectivity index is 1.64. The zero-order chi connectivity index (χ0) is 23.6. The van der Waals surface area contributed by atoms with Gasteiger partial charge in [0, 0.05) is 24.6 Å². The lowest BCUT2D eigenvalue weighted by atomic mass is 10.1. The van der Waals surface area contributed by atoms with Gasteiger partial charge in [0.2, 0.25) is 0 Å². The van der Waals surface area contributed by atoms with Crippen molar-refractivity contribution in [1.82, 2.24) is 9.97 Å². The molecule has 0 spiro atoms. The van der Waals surface area contributed by atoms with Gasteiger partial charge < -0.3 is 9.47 Å². The van der Waals surface area contributed by atoms with Crippen LogP contribution < -0.4 is 4.74 Å². The second-order valence-corrected chi connectivity index (χ2v) is 9.22. The number of nitrogens with zero attached hydrogens (tertiary/aromatic N) is 2. The first kappa shape index (κ1) is 27.3. The third-order valence-electron chi connectivity index (χ3n) is 6.02. The smallest absolute Gasteiger partial charge is 0.159 e. The van der Waals surface area contributed by atoms with Crippen LogP contribution in [0, 0.1) is 0 Å². The molecule has 2 rings (SSSR count). The van der Waals surface area contributed by atoms with E-state index < -0.39 is 0 Å². The van der Waals surface area contributed by atoms with Gasteiger partial charge in [0.1, 0.15) is 12.4 Å². The fourth-order valence-electron chi connectivity index (χ4n) is 3.87. The van der Waals surface area contributed by atoms with Crippen LogP contribution in [-0.4, -0.2) is 29.3 Å². The second kappa shape index (κ2) is 17.5. The number of rotatable bonds is 19. The third-order valence-corrected chi connectivity index (χ3v) is 6.02. The summed E-state index contributed by atoms with van der Waals surface area (Å²) in [6, 6.07) is 8.03. The summed E-state index contributed by atoms with van der Waals surface area (Å²) in [6.45, 7) is 7.97. The summed E-state index contributed by atoms with van der Waals surface area (Å²) in [4.78, 5) is 9.15. The van der Waals surface area contributed by atoms with Gasteiger partial charge in [0.05, 0.1) is 6.10 Å². The molecule has 0 radical (unpaired) electrons. The van der Waals surface area contributed by atoms with Crippen molar-refractivity contribution in [3.63, 3.8) is 0 Å². The van der Waals surface area contributed by atoms with Crippen LogP contribution in [0.1, 0.15) is 103 Å². The highest BCUT2D eigenvalue weighted by atomic mass is 16.5. The average molecular weight is 455 g/mol. The van der Waals surface area contributed by atoms with E-state index in [2.05, 4.69) is 30.7 Å². The lowest BCUT2D eigenvalue weighted by molar-refractivity contribution is 0.0302. The van der Waals surface area contributed by atoms with Gasteiger partial charge >= 0.3 is 0 Å². The maximum atomic E-state index is 5.90. The Morgan fingerprint density at radius 3 is 1.94 bits per heavy atom. The SMILES string of the molecule is CCCCCCCCOC(C)COc1ccc(-c2ncc(CCCCCCCC)cn2)cc1. The summed E-state index contributed by atoms with van der Waals surface area (Å²) >= 11 is 0. The van der Waals surface area contributed by atoms with Crippen molar-refractivity contribution in [2.24, 2.45) is 0 Å². The van der Waals surface area contributed by atoms with Crippen LogP contribution in [0.2, 0.25) is 0 Å². The zero-order valence-electron chi connectivity index (χ0n) is 21.4. The van der Waals surface area contributed by atoms with Gasteiger partial charge in [0.15, 0.2) is 5.82 Å². The van der Waals surface area contributed by atoms with Crippen LogP contribution in [-0.2, 0) is 11.2 Å². The largest absolute Gasteiger partial charge is 0.491 e. The molecule has 0 bridgehead atoms. The molecule has 0 N–H and O–H groups in total. The number of aryl methyl sites for hydroxylation is 1. The summed E-state index contributed by atoms with van der Waals surface area (Å²) in [6.07, 6.45) is 20.7. The molecule has 0 fully saturated rings. The topological polar surface area (TPSA) is 44.2 Å². The van der Waals surface area contributed by atoms with Gasteiger partial charge in [-0.15, -0.1) is 0 Å². The molecule has 33 heavy (non-hydrogen) atoms. The maximum Gasteiger partial charge on any atom is 0.159 e. The summed E-state index contributed by atoms with van der Waals surface area (Å²) in [5, 5.41) is 0. The van der Waals surface area contributed by atoms with Crippen LogP contribution in [0.25, 0.3) is 11.4 Å². The van der Waals surface area contributed by atoms with Gasteiger partial charge in [-0.3, -0.25) is 0 Å². The normalized spacial score (nSPS) is 12.1. The van der Waals surface area contributed by atoms with Crippen molar-refractivity contribution in [3.8, 4) is 17.1 Å². The highest BCUT2D eigenvalue weighted by Crippen LogP contribution is 2.20. The van der Waals surface area contributed by atoms with Gasteiger partial charge in [0.25, 0.3) is 0 Å². The summed E-state index contributed by atoms with van der Waals surface area (Å²) in [7, 11) is 0. The van der Waals surface area contributed by atoms with Crippen LogP contribution in [0.4, 0.5) is 0 Å². The second-order valence-electron chi connectivity index (χ2n) is 9.22. The molecule has 2 aromatic rings. The first-order chi connectivity index (χ1) is 16.2. The minimum atomic E-state index is 0.0999. The van der Waals surface area contributed by atoms with E-state index in [1.54, 1.807) is 0 Å². The Kier molecular flexibility index (Phi) is 14.5. The lowest BCUT2D eigenvalue weighted by Crippen LogP contribution is -2.18. The third kappa shape index (κ3) is 12.2. The number of hydrogen-bond donors (Lipinski definition) is 0. The van der Waals surface area contributed by atoms with Crippen LogP contribution in [0.5, 0.6) is 5.75 Å². The monoisotopic (exact) mass is 454 g/mol. The van der Waals surface area contributed by atoms with Crippen LogP contribution >= 0.6 is 0 Å². The fourth-order valence-corrected chi connectivity index (χ4v) is 3.87. The molecule has 4 heteroatoms. The molecule has 0 saturated carbocycles. The van der Waals surface area contributed by atoms with Gasteiger partial charge in [-0.05, 0) is 56.0 Å². The highest BCUT2D eigenvalue weighted by Gasteiger charge is 2.06. The molecule has 1 aromatic heterocycles. The molecule has 0 aliphatic heterocycles. The molecule has 1 heterocycles. The first-order valence-corrected chi connectivity index (χ1v) is 13.4. The molecule has 0 aliphatic carbocycles. The minimum absolute atomic E-state index is 0.0999. The van der Waals surface area contributed by atoms with Crippen molar-refractivity contribution in [2.45, 2.75) is 110 Å². The van der Waals surface area contributed by atoms with Gasteiger partial charge in [-0.2, -0.15) is 0 Å². The average Bonchev–Trinajstić information content (AvgIpc) is 2.85. The highest BCUT2D eigenvalue weighted by molar-refractivity contribution is 5.55. The van der Waals surface area contributed by atoms with Crippen molar-refractivity contribution in [1.29, 1.82) is 0 Å². The number of benzene rings is 1. The van der Waals surface area contributed by atoms with E-state index in [0.29, 0.717) is 6.61 Å². The van der Waals surface area contributed by atoms with E-state index in [4.69, 9.17) is 9.47 Å². The summed E-state index contributed by atoms with van der Waals surface area (Å²) < 4.78 is 11.8. The number of unbranched alkanes of at least 4 members (excludes halogenated alkanes) is 10. The van der Waals surface area contributed by atoms with E-state index in [9.17, 15) is 0 Å². The summed E-state index contributed by atoms with van der Waals surface area (Å²) in [5.74, 6) is 1.62. The number of aromatic nitrogens is 2. The van der Waals surface area contributed by atoms with E-state index in [1.807, 2.05) is 36.7 Å². The zero-order valence-corrected chi connectivity index (χ0v) is 21.4. The first-order valence-electron chi connectivity index (χ1n) is 13.4. The van der Waals surface area contributed by atoms with E-state index in [1.165, 1.54) is 76.2 Å². The molecule has 1 atom stereocenters. The molecular formula is C29H46N2O2. The Bertz CT molecular complexity index is 715. The minimum Gasteiger partial charge on any atom is -0.491 e. The van der Waals surface area contributed by atoms with Crippen molar-refractivity contribution < 1.29 is 9.47 Å².